The van der Waals surface area contributed by atoms with Crippen LogP contribution in [0.1, 0.15) is 48.9 Å². The van der Waals surface area contributed by atoms with Crippen molar-refractivity contribution in [2.45, 2.75) is 45.1 Å². The third-order valence-electron chi connectivity index (χ3n) is 6.34. The molecule has 0 radical (unpaired) electrons. The molecule has 10 heteroatoms. The molecule has 3 aromatic rings. The van der Waals surface area contributed by atoms with Crippen molar-refractivity contribution in [2.75, 3.05) is 17.3 Å². The number of carbonyl (C=O) groups is 3. The Bertz CT molecular complexity index is 1260. The van der Waals surface area contributed by atoms with Crippen LogP contribution in [0.25, 0.3) is 11.0 Å². The maximum atomic E-state index is 13.0. The Balaban J connectivity index is 1.65. The van der Waals surface area contributed by atoms with E-state index in [4.69, 9.17) is 28.9 Å². The Kier molecular flexibility index (Phi) is 7.62. The van der Waals surface area contributed by atoms with E-state index in [1.165, 1.54) is 24.6 Å². The Labute approximate surface area is 213 Å². The van der Waals surface area contributed by atoms with Gasteiger partial charge in [0, 0.05) is 47.2 Å². The average molecular weight is 516 g/mol. The molecule has 1 aliphatic carbocycles. The normalized spacial score (nSPS) is 14.1. The summed E-state index contributed by atoms with van der Waals surface area (Å²) >= 11 is 12.1. The van der Waals surface area contributed by atoms with E-state index in [1.54, 1.807) is 16.5 Å². The molecule has 4 rings (SSSR count). The molecule has 1 saturated carbocycles. The minimum Gasteiger partial charge on any atom is -0.370 e. The van der Waals surface area contributed by atoms with E-state index >= 15 is 0 Å². The van der Waals surface area contributed by atoms with Gasteiger partial charge in [-0.3, -0.25) is 19.7 Å². The van der Waals surface area contributed by atoms with Crippen LogP contribution >= 0.6 is 23.2 Å². The molecule has 0 unspecified atom stereocenters. The van der Waals surface area contributed by atoms with Crippen molar-refractivity contribution in [1.29, 1.82) is 0 Å². The maximum Gasteiger partial charge on any atom is 0.258 e. The van der Waals surface area contributed by atoms with E-state index < -0.39 is 11.8 Å². The second-order valence-electron chi connectivity index (χ2n) is 8.82. The van der Waals surface area contributed by atoms with Crippen LogP contribution in [-0.2, 0) is 16.1 Å². The molecule has 1 aromatic heterocycles. The Hall–Kier alpha value is -3.10. The van der Waals surface area contributed by atoms with Gasteiger partial charge in [0.15, 0.2) is 0 Å². The minimum absolute atomic E-state index is 0.0388. The predicted molar refractivity (Wildman–Crippen MR) is 138 cm³/mol. The number of benzene rings is 2. The standard InChI is InChI=1S/C25H27Cl2N5O3/c1-31(24(35)15-5-3-2-4-6-15)19-7-8-21-20(14-19)29-25(32(21)10-9-22(28)33)30-23(34)16-11-17(26)13-18(27)12-16/h7-8,11-15H,2-6,9-10H2,1H3,(H2,28,33)(H,29,30,34). The van der Waals surface area contributed by atoms with Crippen LogP contribution < -0.4 is 16.0 Å². The lowest BCUT2D eigenvalue weighted by Gasteiger charge is -2.26. The number of amides is 3. The smallest absolute Gasteiger partial charge is 0.258 e. The highest BCUT2D eigenvalue weighted by molar-refractivity contribution is 6.35. The molecule has 1 heterocycles. The van der Waals surface area contributed by atoms with E-state index in [-0.39, 0.29) is 36.3 Å². The monoisotopic (exact) mass is 515 g/mol. The van der Waals surface area contributed by atoms with Gasteiger partial charge in [-0.2, -0.15) is 0 Å². The van der Waals surface area contributed by atoms with Crippen LogP contribution in [0.2, 0.25) is 10.0 Å². The average Bonchev–Trinajstić information content (AvgIpc) is 3.17. The number of rotatable bonds is 7. The molecule has 3 amide bonds. The number of aromatic nitrogens is 2. The molecule has 35 heavy (non-hydrogen) atoms. The highest BCUT2D eigenvalue weighted by Gasteiger charge is 2.25. The lowest BCUT2D eigenvalue weighted by atomic mass is 9.88. The van der Waals surface area contributed by atoms with Gasteiger partial charge >= 0.3 is 0 Å². The van der Waals surface area contributed by atoms with Crippen molar-refractivity contribution in [2.24, 2.45) is 11.7 Å². The Morgan fingerprint density at radius 1 is 1.09 bits per heavy atom. The van der Waals surface area contributed by atoms with Crippen molar-refractivity contribution in [3.8, 4) is 0 Å². The van der Waals surface area contributed by atoms with Crippen LogP contribution in [0.4, 0.5) is 11.6 Å². The van der Waals surface area contributed by atoms with Gasteiger partial charge < -0.3 is 15.2 Å². The van der Waals surface area contributed by atoms with E-state index in [1.807, 2.05) is 18.2 Å². The third-order valence-corrected chi connectivity index (χ3v) is 6.77. The summed E-state index contributed by atoms with van der Waals surface area (Å²) in [6.07, 6.45) is 5.23. The molecular weight excluding hydrogens is 489 g/mol. The van der Waals surface area contributed by atoms with Gasteiger partial charge in [-0.15, -0.1) is 0 Å². The summed E-state index contributed by atoms with van der Waals surface area (Å²) in [6, 6.07) is 10.0. The van der Waals surface area contributed by atoms with Crippen LogP contribution in [0.15, 0.2) is 36.4 Å². The fraction of sp³-hybridized carbons (Fsp3) is 0.360. The number of fused-ring (bicyclic) bond motifs is 1. The fourth-order valence-electron chi connectivity index (χ4n) is 4.48. The summed E-state index contributed by atoms with van der Waals surface area (Å²) in [4.78, 5) is 43.6. The number of aryl methyl sites for hydroxylation is 1. The first-order chi connectivity index (χ1) is 16.7. The topological polar surface area (TPSA) is 110 Å². The predicted octanol–water partition coefficient (Wildman–Crippen LogP) is 5.01. The number of hydrogen-bond acceptors (Lipinski definition) is 4. The van der Waals surface area contributed by atoms with Crippen LogP contribution in [0.3, 0.4) is 0 Å². The molecule has 2 aromatic carbocycles. The zero-order chi connectivity index (χ0) is 25.1. The zero-order valence-electron chi connectivity index (χ0n) is 19.4. The quantitative estimate of drug-likeness (QED) is 0.460. The van der Waals surface area contributed by atoms with Gasteiger partial charge in [-0.25, -0.2) is 4.98 Å². The van der Waals surface area contributed by atoms with Crippen molar-refractivity contribution in [3.63, 3.8) is 0 Å². The number of carbonyl (C=O) groups excluding carboxylic acids is 3. The number of primary amides is 1. The van der Waals surface area contributed by atoms with Crippen LogP contribution in [0, 0.1) is 5.92 Å². The highest BCUT2D eigenvalue weighted by Crippen LogP contribution is 2.30. The first-order valence-corrected chi connectivity index (χ1v) is 12.3. The molecule has 0 bridgehead atoms. The summed E-state index contributed by atoms with van der Waals surface area (Å²) in [5, 5.41) is 3.45. The van der Waals surface area contributed by atoms with Crippen molar-refractivity contribution >= 4 is 63.6 Å². The van der Waals surface area contributed by atoms with Crippen molar-refractivity contribution in [1.82, 2.24) is 9.55 Å². The van der Waals surface area contributed by atoms with Gasteiger partial charge in [0.05, 0.1) is 11.0 Å². The SMILES string of the molecule is CN(C(=O)C1CCCCC1)c1ccc2c(c1)nc(NC(=O)c1cc(Cl)cc(Cl)c1)n2CCC(N)=O. The molecule has 0 aliphatic heterocycles. The number of imidazole rings is 1. The summed E-state index contributed by atoms with van der Waals surface area (Å²) in [6.45, 7) is 0.230. The lowest BCUT2D eigenvalue weighted by molar-refractivity contribution is -0.123. The molecule has 0 atom stereocenters. The van der Waals surface area contributed by atoms with E-state index in [0.717, 1.165) is 25.7 Å². The molecule has 0 spiro atoms. The Morgan fingerprint density at radius 3 is 2.43 bits per heavy atom. The number of nitrogens with one attached hydrogen (secondary N) is 1. The molecule has 1 aliphatic rings. The van der Waals surface area contributed by atoms with Gasteiger partial charge in [0.2, 0.25) is 17.8 Å². The molecule has 1 fully saturated rings. The molecule has 184 valence electrons. The van der Waals surface area contributed by atoms with Gasteiger partial charge in [0.25, 0.3) is 5.91 Å². The largest absolute Gasteiger partial charge is 0.370 e. The summed E-state index contributed by atoms with van der Waals surface area (Å²) in [7, 11) is 1.77. The second kappa shape index (κ2) is 10.7. The molecule has 0 saturated heterocycles. The van der Waals surface area contributed by atoms with E-state index in [0.29, 0.717) is 26.8 Å². The first kappa shape index (κ1) is 25.0. The minimum atomic E-state index is -0.472. The third kappa shape index (κ3) is 5.77. The van der Waals surface area contributed by atoms with Crippen LogP contribution in [-0.4, -0.2) is 34.3 Å². The summed E-state index contributed by atoms with van der Waals surface area (Å²) in [5.74, 6) is -0.531. The zero-order valence-corrected chi connectivity index (χ0v) is 20.9. The van der Waals surface area contributed by atoms with Gasteiger partial charge in [-0.1, -0.05) is 42.5 Å². The van der Waals surface area contributed by atoms with Crippen LogP contribution in [0.5, 0.6) is 0 Å². The number of nitrogens with zero attached hydrogens (tertiary/aromatic N) is 3. The number of nitrogens with two attached hydrogens (primary N) is 1. The molecular formula is C25H27Cl2N5O3. The fourth-order valence-corrected chi connectivity index (χ4v) is 5.01. The Morgan fingerprint density at radius 2 is 1.77 bits per heavy atom. The second-order valence-corrected chi connectivity index (χ2v) is 9.69. The highest BCUT2D eigenvalue weighted by atomic mass is 35.5. The number of hydrogen-bond donors (Lipinski definition) is 2. The van der Waals surface area contributed by atoms with Gasteiger partial charge in [0.1, 0.15) is 0 Å². The summed E-state index contributed by atoms with van der Waals surface area (Å²) in [5.41, 5.74) is 7.63. The lowest BCUT2D eigenvalue weighted by Crippen LogP contribution is -2.33. The molecule has 8 nitrogen and oxygen atoms in total. The summed E-state index contributed by atoms with van der Waals surface area (Å²) < 4.78 is 1.72. The van der Waals surface area contributed by atoms with Gasteiger partial charge in [-0.05, 0) is 49.2 Å². The number of anilines is 2. The van der Waals surface area contributed by atoms with E-state index in [2.05, 4.69) is 10.3 Å². The molecule has 3 N–H and O–H groups in total. The maximum absolute atomic E-state index is 13.0. The van der Waals surface area contributed by atoms with E-state index in [9.17, 15) is 14.4 Å². The van der Waals surface area contributed by atoms with Crippen molar-refractivity contribution < 1.29 is 14.4 Å². The first-order valence-electron chi connectivity index (χ1n) is 11.6. The van der Waals surface area contributed by atoms with Crippen molar-refractivity contribution in [3.05, 3.63) is 52.0 Å². The number of halogens is 2.